The van der Waals surface area contributed by atoms with Crippen molar-refractivity contribution in [2.24, 2.45) is 5.92 Å². The normalized spacial score (nSPS) is 16.9. The zero-order chi connectivity index (χ0) is 13.1. The fourth-order valence-corrected chi connectivity index (χ4v) is 2.61. The molecule has 0 aromatic heterocycles. The van der Waals surface area contributed by atoms with Crippen LogP contribution in [0.1, 0.15) is 23.2 Å². The Balaban J connectivity index is 2.10. The molecule has 18 heavy (non-hydrogen) atoms. The third kappa shape index (κ3) is 2.78. The first kappa shape index (κ1) is 13.6. The molecule has 98 valence electrons. The van der Waals surface area contributed by atoms with Crippen molar-refractivity contribution in [3.63, 3.8) is 0 Å². The lowest BCUT2D eigenvalue weighted by atomic mass is 9.98. The van der Waals surface area contributed by atoms with Gasteiger partial charge in [-0.25, -0.2) is 4.39 Å². The molecule has 1 heterocycles. The van der Waals surface area contributed by atoms with Gasteiger partial charge in [-0.15, -0.1) is 11.6 Å². The summed E-state index contributed by atoms with van der Waals surface area (Å²) in [4.78, 5) is 13.8. The van der Waals surface area contributed by atoms with Gasteiger partial charge >= 0.3 is 0 Å². The van der Waals surface area contributed by atoms with Crippen LogP contribution in [0.15, 0.2) is 18.2 Å². The van der Waals surface area contributed by atoms with Gasteiger partial charge in [-0.2, -0.15) is 0 Å². The maximum Gasteiger partial charge on any atom is 0.256 e. The number of hydrogen-bond acceptors (Lipinski definition) is 1. The van der Waals surface area contributed by atoms with E-state index in [0.29, 0.717) is 24.9 Å². The van der Waals surface area contributed by atoms with Gasteiger partial charge in [-0.1, -0.05) is 17.7 Å². The van der Waals surface area contributed by atoms with E-state index in [1.165, 1.54) is 12.1 Å². The molecule has 0 aliphatic carbocycles. The number of rotatable bonds is 2. The summed E-state index contributed by atoms with van der Waals surface area (Å²) in [5.74, 6) is 0.152. The predicted molar refractivity (Wildman–Crippen MR) is 70.8 cm³/mol. The summed E-state index contributed by atoms with van der Waals surface area (Å²) >= 11 is 11.5. The fraction of sp³-hybridized carbons (Fsp3) is 0.462. The molecule has 0 atom stereocenters. The van der Waals surface area contributed by atoms with Crippen molar-refractivity contribution >= 4 is 29.1 Å². The van der Waals surface area contributed by atoms with Crippen LogP contribution in [0, 0.1) is 11.7 Å². The van der Waals surface area contributed by atoms with Crippen molar-refractivity contribution in [1.29, 1.82) is 0 Å². The SMILES string of the molecule is O=C(c1cccc(Cl)c1F)N1CCC(CCl)CC1. The number of halogens is 3. The van der Waals surface area contributed by atoms with Gasteiger partial charge in [-0.3, -0.25) is 4.79 Å². The second-order valence-corrected chi connectivity index (χ2v) is 5.21. The zero-order valence-electron chi connectivity index (χ0n) is 9.83. The van der Waals surface area contributed by atoms with E-state index in [4.69, 9.17) is 23.2 Å². The van der Waals surface area contributed by atoms with Crippen LogP contribution < -0.4 is 0 Å². The van der Waals surface area contributed by atoms with E-state index < -0.39 is 5.82 Å². The Hall–Kier alpha value is -0.800. The lowest BCUT2D eigenvalue weighted by molar-refractivity contribution is 0.0693. The van der Waals surface area contributed by atoms with Crippen LogP contribution in [0.5, 0.6) is 0 Å². The molecule has 2 rings (SSSR count). The van der Waals surface area contributed by atoms with E-state index in [0.717, 1.165) is 12.8 Å². The summed E-state index contributed by atoms with van der Waals surface area (Å²) in [6, 6.07) is 4.49. The molecule has 0 N–H and O–H groups in total. The molecule has 1 aliphatic heterocycles. The van der Waals surface area contributed by atoms with E-state index in [2.05, 4.69) is 0 Å². The standard InChI is InChI=1S/C13H14Cl2FNO/c14-8-9-4-6-17(7-5-9)13(18)10-2-1-3-11(15)12(10)16/h1-3,9H,4-8H2. The number of likely N-dealkylation sites (tertiary alicyclic amines) is 1. The summed E-state index contributed by atoms with van der Waals surface area (Å²) in [6.07, 6.45) is 1.74. The maximum absolute atomic E-state index is 13.7. The molecule has 1 fully saturated rings. The Morgan fingerprint density at radius 3 is 2.67 bits per heavy atom. The van der Waals surface area contributed by atoms with Crippen molar-refractivity contribution in [2.45, 2.75) is 12.8 Å². The smallest absolute Gasteiger partial charge is 0.256 e. The third-order valence-electron chi connectivity index (χ3n) is 3.30. The van der Waals surface area contributed by atoms with Gasteiger partial charge in [-0.05, 0) is 30.9 Å². The van der Waals surface area contributed by atoms with Gasteiger partial charge in [0.05, 0.1) is 10.6 Å². The maximum atomic E-state index is 13.7. The monoisotopic (exact) mass is 289 g/mol. The van der Waals surface area contributed by atoms with Crippen LogP contribution >= 0.6 is 23.2 Å². The second-order valence-electron chi connectivity index (χ2n) is 4.49. The highest BCUT2D eigenvalue weighted by Crippen LogP contribution is 2.23. The molecular weight excluding hydrogens is 276 g/mol. The van der Waals surface area contributed by atoms with Crippen molar-refractivity contribution in [3.8, 4) is 0 Å². The molecule has 5 heteroatoms. The highest BCUT2D eigenvalue weighted by Gasteiger charge is 2.25. The van der Waals surface area contributed by atoms with Crippen LogP contribution in [-0.2, 0) is 0 Å². The molecule has 2 nitrogen and oxygen atoms in total. The van der Waals surface area contributed by atoms with Crippen LogP contribution in [0.2, 0.25) is 5.02 Å². The van der Waals surface area contributed by atoms with E-state index in [1.807, 2.05) is 0 Å². The van der Waals surface area contributed by atoms with Gasteiger partial charge in [0.25, 0.3) is 5.91 Å². The van der Waals surface area contributed by atoms with E-state index >= 15 is 0 Å². The third-order valence-corrected chi connectivity index (χ3v) is 4.03. The number of nitrogens with zero attached hydrogens (tertiary/aromatic N) is 1. The first-order chi connectivity index (χ1) is 8.63. The minimum atomic E-state index is -0.636. The summed E-state index contributed by atoms with van der Waals surface area (Å²) in [6.45, 7) is 1.25. The molecule has 1 aromatic rings. The lowest BCUT2D eigenvalue weighted by Crippen LogP contribution is -2.39. The zero-order valence-corrected chi connectivity index (χ0v) is 11.3. The number of piperidine rings is 1. The van der Waals surface area contributed by atoms with Crippen LogP contribution in [-0.4, -0.2) is 29.8 Å². The molecule has 0 unspecified atom stereocenters. The molecule has 1 aromatic carbocycles. The molecule has 0 radical (unpaired) electrons. The highest BCUT2D eigenvalue weighted by molar-refractivity contribution is 6.31. The molecule has 1 amide bonds. The molecule has 1 aliphatic rings. The summed E-state index contributed by atoms with van der Waals surface area (Å²) in [5.41, 5.74) is 0.0480. The number of hydrogen-bond donors (Lipinski definition) is 0. The minimum absolute atomic E-state index is 0.0171. The first-order valence-corrected chi connectivity index (χ1v) is 6.84. The molecule has 0 saturated carbocycles. The fourth-order valence-electron chi connectivity index (χ4n) is 2.13. The van der Waals surface area contributed by atoms with Crippen molar-refractivity contribution in [2.75, 3.05) is 19.0 Å². The molecule has 0 bridgehead atoms. The van der Waals surface area contributed by atoms with Crippen molar-refractivity contribution in [3.05, 3.63) is 34.6 Å². The lowest BCUT2D eigenvalue weighted by Gasteiger charge is -2.31. The number of benzene rings is 1. The van der Waals surface area contributed by atoms with Crippen LogP contribution in [0.25, 0.3) is 0 Å². The van der Waals surface area contributed by atoms with Crippen molar-refractivity contribution < 1.29 is 9.18 Å². The Bertz CT molecular complexity index is 445. The van der Waals surface area contributed by atoms with Crippen LogP contribution in [0.3, 0.4) is 0 Å². The number of carbonyl (C=O) groups is 1. The Morgan fingerprint density at radius 2 is 2.06 bits per heavy atom. The van der Waals surface area contributed by atoms with Gasteiger partial charge in [0.15, 0.2) is 5.82 Å². The van der Waals surface area contributed by atoms with Gasteiger partial charge < -0.3 is 4.90 Å². The van der Waals surface area contributed by atoms with Gasteiger partial charge in [0.2, 0.25) is 0 Å². The Kier molecular flexibility index (Phi) is 4.46. The van der Waals surface area contributed by atoms with E-state index in [9.17, 15) is 9.18 Å². The average Bonchev–Trinajstić information content (AvgIpc) is 2.41. The van der Waals surface area contributed by atoms with Crippen LogP contribution in [0.4, 0.5) is 4.39 Å². The number of amides is 1. The predicted octanol–water partition coefficient (Wildman–Crippen LogP) is 3.57. The quantitative estimate of drug-likeness (QED) is 0.762. The molecule has 1 saturated heterocycles. The van der Waals surface area contributed by atoms with E-state index in [1.54, 1.807) is 11.0 Å². The first-order valence-electron chi connectivity index (χ1n) is 5.92. The summed E-state index contributed by atoms with van der Waals surface area (Å²) in [7, 11) is 0. The Morgan fingerprint density at radius 1 is 1.39 bits per heavy atom. The largest absolute Gasteiger partial charge is 0.339 e. The average molecular weight is 290 g/mol. The highest BCUT2D eigenvalue weighted by atomic mass is 35.5. The Labute approximate surface area is 116 Å². The topological polar surface area (TPSA) is 20.3 Å². The summed E-state index contributed by atoms with van der Waals surface area (Å²) < 4.78 is 13.7. The molecule has 0 spiro atoms. The number of carbonyl (C=O) groups excluding carboxylic acids is 1. The second kappa shape index (κ2) is 5.89. The van der Waals surface area contributed by atoms with E-state index in [-0.39, 0.29) is 16.5 Å². The number of alkyl halides is 1. The van der Waals surface area contributed by atoms with Gasteiger partial charge in [0, 0.05) is 19.0 Å². The van der Waals surface area contributed by atoms with Crippen molar-refractivity contribution in [1.82, 2.24) is 4.90 Å². The summed E-state index contributed by atoms with van der Waals surface area (Å²) in [5, 5.41) is -0.0171. The minimum Gasteiger partial charge on any atom is -0.339 e. The van der Waals surface area contributed by atoms with Gasteiger partial charge in [0.1, 0.15) is 0 Å². The molecular formula is C13H14Cl2FNO.